The van der Waals surface area contributed by atoms with E-state index >= 15 is 0 Å². The predicted octanol–water partition coefficient (Wildman–Crippen LogP) is 3.66. The Hall–Kier alpha value is -1.85. The summed E-state index contributed by atoms with van der Waals surface area (Å²) in [4.78, 5) is 0. The molecule has 0 bridgehead atoms. The summed E-state index contributed by atoms with van der Waals surface area (Å²) in [5.41, 5.74) is 2.47. The van der Waals surface area contributed by atoms with Gasteiger partial charge in [0.1, 0.15) is 0 Å². The van der Waals surface area contributed by atoms with Crippen molar-refractivity contribution >= 4 is 15.7 Å². The van der Waals surface area contributed by atoms with E-state index in [1.165, 1.54) is 0 Å². The van der Waals surface area contributed by atoms with Crippen molar-refractivity contribution in [1.29, 1.82) is 0 Å². The first-order chi connectivity index (χ1) is 11.1. The number of para-hydroxylation sites is 1. The van der Waals surface area contributed by atoms with Crippen LogP contribution in [0.15, 0.2) is 54.6 Å². The first kappa shape index (κ1) is 16.0. The first-order valence-electron chi connectivity index (χ1n) is 7.91. The Morgan fingerprint density at radius 3 is 2.48 bits per heavy atom. The third-order valence-corrected chi connectivity index (χ3v) is 5.30. The Balaban J connectivity index is 1.79. The number of nitrogens with one attached hydrogen (secondary N) is 1. The van der Waals surface area contributed by atoms with Gasteiger partial charge in [0, 0.05) is 12.2 Å². The van der Waals surface area contributed by atoms with Crippen LogP contribution in [0.4, 0.5) is 5.69 Å². The van der Waals surface area contributed by atoms with E-state index in [1.807, 2.05) is 48.5 Å². The third kappa shape index (κ3) is 4.33. The van der Waals surface area contributed by atoms with Crippen molar-refractivity contribution in [2.75, 3.05) is 17.1 Å². The second-order valence-corrected chi connectivity index (χ2v) is 7.55. The lowest BCUT2D eigenvalue weighted by Crippen LogP contribution is -2.31. The van der Waals surface area contributed by atoms with Crippen LogP contribution in [0.1, 0.15) is 19.3 Å². The minimum atomic E-state index is -3.44. The van der Waals surface area contributed by atoms with Gasteiger partial charge in [-0.3, -0.25) is 4.72 Å². The molecule has 122 valence electrons. The van der Waals surface area contributed by atoms with Crippen LogP contribution >= 0.6 is 0 Å². The molecule has 1 fully saturated rings. The van der Waals surface area contributed by atoms with Gasteiger partial charge in [-0.1, -0.05) is 48.5 Å². The van der Waals surface area contributed by atoms with Gasteiger partial charge >= 0.3 is 0 Å². The Morgan fingerprint density at radius 2 is 1.74 bits per heavy atom. The zero-order valence-corrected chi connectivity index (χ0v) is 13.8. The van der Waals surface area contributed by atoms with Crippen LogP contribution in [0.25, 0.3) is 11.1 Å². The van der Waals surface area contributed by atoms with E-state index in [4.69, 9.17) is 4.74 Å². The molecule has 1 aliphatic heterocycles. The van der Waals surface area contributed by atoms with E-state index in [0.717, 1.165) is 30.4 Å². The van der Waals surface area contributed by atoms with Crippen molar-refractivity contribution < 1.29 is 13.2 Å². The maximum Gasteiger partial charge on any atom is 0.235 e. The molecule has 5 heteroatoms. The summed E-state index contributed by atoms with van der Waals surface area (Å²) in [7, 11) is -3.44. The molecule has 4 nitrogen and oxygen atoms in total. The summed E-state index contributed by atoms with van der Waals surface area (Å²) in [5.74, 6) is 0.0100. The SMILES string of the molecule is O=S(=O)(C[C@@H]1CCCCO1)Nc1ccccc1-c1ccccc1. The Kier molecular flexibility index (Phi) is 4.98. The lowest BCUT2D eigenvalue weighted by molar-refractivity contribution is 0.0306. The van der Waals surface area contributed by atoms with E-state index in [1.54, 1.807) is 6.07 Å². The highest BCUT2D eigenvalue weighted by Gasteiger charge is 2.22. The largest absolute Gasteiger partial charge is 0.377 e. The number of hydrogen-bond acceptors (Lipinski definition) is 3. The van der Waals surface area contributed by atoms with E-state index in [2.05, 4.69) is 4.72 Å². The number of sulfonamides is 1. The molecule has 1 N–H and O–H groups in total. The van der Waals surface area contributed by atoms with Gasteiger partial charge in [0.2, 0.25) is 10.0 Å². The highest BCUT2D eigenvalue weighted by molar-refractivity contribution is 7.92. The van der Waals surface area contributed by atoms with Gasteiger partial charge < -0.3 is 4.74 Å². The molecule has 1 heterocycles. The maximum absolute atomic E-state index is 12.5. The van der Waals surface area contributed by atoms with Crippen LogP contribution in [-0.2, 0) is 14.8 Å². The summed E-state index contributed by atoms with van der Waals surface area (Å²) in [5, 5.41) is 0. The quantitative estimate of drug-likeness (QED) is 0.909. The third-order valence-electron chi connectivity index (χ3n) is 3.96. The number of benzene rings is 2. The van der Waals surface area contributed by atoms with Crippen LogP contribution in [-0.4, -0.2) is 26.9 Å². The number of ether oxygens (including phenoxy) is 1. The Bertz CT molecular complexity index is 738. The van der Waals surface area contributed by atoms with Crippen molar-refractivity contribution in [3.8, 4) is 11.1 Å². The van der Waals surface area contributed by atoms with Crippen LogP contribution in [0.5, 0.6) is 0 Å². The maximum atomic E-state index is 12.5. The average Bonchev–Trinajstić information content (AvgIpc) is 2.56. The molecule has 2 aromatic rings. The molecule has 2 aromatic carbocycles. The highest BCUT2D eigenvalue weighted by Crippen LogP contribution is 2.28. The number of rotatable bonds is 5. The van der Waals surface area contributed by atoms with Gasteiger partial charge in [0.25, 0.3) is 0 Å². The molecule has 0 amide bonds. The molecule has 0 spiro atoms. The minimum absolute atomic E-state index is 0.0100. The second-order valence-electron chi connectivity index (χ2n) is 5.78. The van der Waals surface area contributed by atoms with Gasteiger partial charge in [0.05, 0.1) is 17.5 Å². The van der Waals surface area contributed by atoms with Crippen molar-refractivity contribution in [1.82, 2.24) is 0 Å². The topological polar surface area (TPSA) is 55.4 Å². The van der Waals surface area contributed by atoms with Gasteiger partial charge in [0.15, 0.2) is 0 Å². The molecular weight excluding hydrogens is 310 g/mol. The molecule has 1 saturated heterocycles. The van der Waals surface area contributed by atoms with E-state index < -0.39 is 10.0 Å². The summed E-state index contributed by atoms with van der Waals surface area (Å²) in [6.07, 6.45) is 2.65. The molecule has 0 saturated carbocycles. The zero-order chi connectivity index (χ0) is 16.1. The molecule has 0 radical (unpaired) electrons. The molecule has 1 atom stereocenters. The van der Waals surface area contributed by atoms with Gasteiger partial charge in [-0.15, -0.1) is 0 Å². The number of hydrogen-bond donors (Lipinski definition) is 1. The number of anilines is 1. The molecule has 1 aliphatic rings. The van der Waals surface area contributed by atoms with Crippen molar-refractivity contribution in [3.63, 3.8) is 0 Å². The predicted molar refractivity (Wildman–Crippen MR) is 92.9 cm³/mol. The van der Waals surface area contributed by atoms with Gasteiger partial charge in [-0.2, -0.15) is 0 Å². The summed E-state index contributed by atoms with van der Waals surface area (Å²) in [6, 6.07) is 17.2. The fourth-order valence-electron chi connectivity index (χ4n) is 2.83. The Labute approximate surface area is 137 Å². The minimum Gasteiger partial charge on any atom is -0.377 e. The summed E-state index contributed by atoms with van der Waals surface area (Å²) < 4.78 is 33.2. The zero-order valence-electron chi connectivity index (χ0n) is 12.9. The van der Waals surface area contributed by atoms with Gasteiger partial charge in [-0.05, 0) is 30.9 Å². The van der Waals surface area contributed by atoms with Crippen molar-refractivity contribution in [3.05, 3.63) is 54.6 Å². The lowest BCUT2D eigenvalue weighted by Gasteiger charge is -2.23. The standard InChI is InChI=1S/C18H21NO3S/c20-23(21,14-16-10-6-7-13-22-16)19-18-12-5-4-11-17(18)15-8-2-1-3-9-15/h1-5,8-9,11-12,16,19H,6-7,10,13-14H2/t16-/m0/s1. The monoisotopic (exact) mass is 331 g/mol. The normalized spacial score (nSPS) is 18.5. The van der Waals surface area contributed by atoms with E-state index in [-0.39, 0.29) is 11.9 Å². The second kappa shape index (κ2) is 7.15. The summed E-state index contributed by atoms with van der Waals surface area (Å²) in [6.45, 7) is 0.654. The van der Waals surface area contributed by atoms with Crippen LogP contribution in [0.2, 0.25) is 0 Å². The van der Waals surface area contributed by atoms with Crippen LogP contribution in [0, 0.1) is 0 Å². The molecule has 23 heavy (non-hydrogen) atoms. The lowest BCUT2D eigenvalue weighted by atomic mass is 10.0. The van der Waals surface area contributed by atoms with Crippen molar-refractivity contribution in [2.45, 2.75) is 25.4 Å². The van der Waals surface area contributed by atoms with Crippen LogP contribution < -0.4 is 4.72 Å². The molecule has 0 aromatic heterocycles. The molecule has 0 aliphatic carbocycles. The Morgan fingerprint density at radius 1 is 1.00 bits per heavy atom. The molecule has 3 rings (SSSR count). The molecular formula is C18H21NO3S. The first-order valence-corrected chi connectivity index (χ1v) is 9.56. The fourth-order valence-corrected chi connectivity index (χ4v) is 4.18. The average molecular weight is 331 g/mol. The van der Waals surface area contributed by atoms with Crippen LogP contribution in [0.3, 0.4) is 0 Å². The summed E-state index contributed by atoms with van der Waals surface area (Å²) >= 11 is 0. The smallest absolute Gasteiger partial charge is 0.235 e. The van der Waals surface area contributed by atoms with E-state index in [9.17, 15) is 8.42 Å². The van der Waals surface area contributed by atoms with E-state index in [0.29, 0.717) is 12.3 Å². The fraction of sp³-hybridized carbons (Fsp3) is 0.333. The molecule has 0 unspecified atom stereocenters. The van der Waals surface area contributed by atoms with Gasteiger partial charge in [-0.25, -0.2) is 8.42 Å². The van der Waals surface area contributed by atoms with Crippen molar-refractivity contribution in [2.24, 2.45) is 0 Å². The highest BCUT2D eigenvalue weighted by atomic mass is 32.2.